The van der Waals surface area contributed by atoms with Crippen molar-refractivity contribution in [2.45, 2.75) is 19.8 Å². The highest BCUT2D eigenvalue weighted by atomic mass is 35.5. The summed E-state index contributed by atoms with van der Waals surface area (Å²) in [5, 5.41) is 17.7. The number of anilines is 1. The minimum Gasteiger partial charge on any atom is -0.326 e. The van der Waals surface area contributed by atoms with Crippen LogP contribution < -0.4 is 10.7 Å². The van der Waals surface area contributed by atoms with Crippen molar-refractivity contribution in [1.29, 1.82) is 0 Å². The van der Waals surface area contributed by atoms with Gasteiger partial charge in [-0.3, -0.25) is 19.7 Å². The first-order chi connectivity index (χ1) is 12.9. The molecule has 0 atom stereocenters. The molecule has 0 aliphatic carbocycles. The Kier molecular flexibility index (Phi) is 7.01. The van der Waals surface area contributed by atoms with Gasteiger partial charge in [0.25, 0.3) is 5.69 Å². The fourth-order valence-electron chi connectivity index (χ4n) is 2.14. The number of nitro groups is 1. The number of hydrogen-bond acceptors (Lipinski definition) is 5. The first-order valence-corrected chi connectivity index (χ1v) is 8.36. The molecule has 2 rings (SSSR count). The molecule has 0 fully saturated rings. The van der Waals surface area contributed by atoms with Gasteiger partial charge in [-0.25, -0.2) is 5.43 Å². The van der Waals surface area contributed by atoms with Crippen molar-refractivity contribution >= 4 is 41.0 Å². The van der Waals surface area contributed by atoms with E-state index in [2.05, 4.69) is 15.8 Å². The Hall–Kier alpha value is -3.26. The van der Waals surface area contributed by atoms with E-state index in [-0.39, 0.29) is 24.4 Å². The van der Waals surface area contributed by atoms with E-state index in [1.165, 1.54) is 24.4 Å². The van der Waals surface area contributed by atoms with E-state index in [0.29, 0.717) is 16.3 Å². The minimum absolute atomic E-state index is 0.0237. The summed E-state index contributed by atoms with van der Waals surface area (Å²) in [7, 11) is 0. The van der Waals surface area contributed by atoms with E-state index in [9.17, 15) is 19.7 Å². The second-order valence-corrected chi connectivity index (χ2v) is 6.01. The molecule has 0 radical (unpaired) electrons. The summed E-state index contributed by atoms with van der Waals surface area (Å²) in [5.41, 5.74) is 4.02. The molecule has 2 aromatic carbocycles. The van der Waals surface area contributed by atoms with Crippen LogP contribution in [0.4, 0.5) is 11.4 Å². The first-order valence-electron chi connectivity index (χ1n) is 7.98. The van der Waals surface area contributed by atoms with Crippen LogP contribution in [0.1, 0.15) is 24.0 Å². The van der Waals surface area contributed by atoms with Crippen LogP contribution in [0.25, 0.3) is 0 Å². The Morgan fingerprint density at radius 3 is 2.63 bits per heavy atom. The number of non-ortho nitro benzene ring substituents is 1. The molecule has 140 valence electrons. The second-order valence-electron chi connectivity index (χ2n) is 5.61. The summed E-state index contributed by atoms with van der Waals surface area (Å²) in [5.74, 6) is -0.771. The summed E-state index contributed by atoms with van der Waals surface area (Å²) >= 11 is 5.99. The number of nitrogens with zero attached hydrogens (tertiary/aromatic N) is 2. The predicted molar refractivity (Wildman–Crippen MR) is 103 cm³/mol. The van der Waals surface area contributed by atoms with Crippen molar-refractivity contribution in [3.63, 3.8) is 0 Å². The summed E-state index contributed by atoms with van der Waals surface area (Å²) in [4.78, 5) is 33.9. The van der Waals surface area contributed by atoms with Crippen molar-refractivity contribution in [2.24, 2.45) is 5.10 Å². The highest BCUT2D eigenvalue weighted by molar-refractivity contribution is 6.31. The zero-order chi connectivity index (χ0) is 19.8. The summed E-state index contributed by atoms with van der Waals surface area (Å²) in [6.45, 7) is 1.79. The molecule has 0 saturated heterocycles. The molecule has 2 aromatic rings. The standard InChI is InChI=1S/C18H17ClN4O4/c1-12-15(19)6-3-7-16(12)21-17(24)8-9-18(25)22-20-11-13-4-2-5-14(10-13)23(26)27/h2-7,10-11H,8-9H2,1H3,(H,21,24)(H,22,25). The van der Waals surface area contributed by atoms with Gasteiger partial charge in [0.15, 0.2) is 0 Å². The number of amides is 2. The molecule has 0 aromatic heterocycles. The zero-order valence-electron chi connectivity index (χ0n) is 14.4. The van der Waals surface area contributed by atoms with Gasteiger partial charge in [0, 0.05) is 41.2 Å². The van der Waals surface area contributed by atoms with Crippen molar-refractivity contribution in [1.82, 2.24) is 5.43 Å². The molecule has 0 unspecified atom stereocenters. The highest BCUT2D eigenvalue weighted by Crippen LogP contribution is 2.23. The zero-order valence-corrected chi connectivity index (χ0v) is 15.2. The van der Waals surface area contributed by atoms with E-state index >= 15 is 0 Å². The fraction of sp³-hybridized carbons (Fsp3) is 0.167. The van der Waals surface area contributed by atoms with Crippen LogP contribution in [0.15, 0.2) is 47.6 Å². The Morgan fingerprint density at radius 1 is 1.19 bits per heavy atom. The molecule has 27 heavy (non-hydrogen) atoms. The second kappa shape index (κ2) is 9.44. The Bertz CT molecular complexity index is 899. The number of carbonyl (C=O) groups is 2. The third-order valence-corrected chi connectivity index (χ3v) is 4.01. The quantitative estimate of drug-likeness (QED) is 0.429. The lowest BCUT2D eigenvalue weighted by molar-refractivity contribution is -0.384. The van der Waals surface area contributed by atoms with Gasteiger partial charge < -0.3 is 5.32 Å². The molecular weight excluding hydrogens is 372 g/mol. The Labute approximate surface area is 160 Å². The normalized spacial score (nSPS) is 10.6. The molecule has 0 saturated carbocycles. The lowest BCUT2D eigenvalue weighted by Crippen LogP contribution is -2.20. The van der Waals surface area contributed by atoms with Crippen LogP contribution in [-0.4, -0.2) is 23.0 Å². The maximum Gasteiger partial charge on any atom is 0.270 e. The maximum atomic E-state index is 11.9. The highest BCUT2D eigenvalue weighted by Gasteiger charge is 2.09. The van der Waals surface area contributed by atoms with Crippen LogP contribution in [-0.2, 0) is 9.59 Å². The lowest BCUT2D eigenvalue weighted by atomic mass is 10.2. The number of nitrogens with one attached hydrogen (secondary N) is 2. The molecule has 0 bridgehead atoms. The van der Waals surface area contributed by atoms with E-state index in [1.54, 1.807) is 31.2 Å². The van der Waals surface area contributed by atoms with Gasteiger partial charge in [-0.15, -0.1) is 0 Å². The number of rotatable bonds is 7. The van der Waals surface area contributed by atoms with E-state index in [4.69, 9.17) is 11.6 Å². The Balaban J connectivity index is 1.80. The lowest BCUT2D eigenvalue weighted by Gasteiger charge is -2.09. The van der Waals surface area contributed by atoms with E-state index < -0.39 is 10.8 Å². The third kappa shape index (κ3) is 6.19. The summed E-state index contributed by atoms with van der Waals surface area (Å²) < 4.78 is 0. The van der Waals surface area contributed by atoms with Crippen LogP contribution in [0, 0.1) is 17.0 Å². The Morgan fingerprint density at radius 2 is 1.89 bits per heavy atom. The van der Waals surface area contributed by atoms with E-state index in [1.807, 2.05) is 0 Å². The number of hydrazone groups is 1. The summed E-state index contributed by atoms with van der Waals surface area (Å²) in [6.07, 6.45) is 1.21. The average molecular weight is 389 g/mol. The van der Waals surface area contributed by atoms with Gasteiger partial charge in [0.2, 0.25) is 11.8 Å². The van der Waals surface area contributed by atoms with Crippen molar-refractivity contribution in [3.8, 4) is 0 Å². The predicted octanol–water partition coefficient (Wildman–Crippen LogP) is 3.43. The van der Waals surface area contributed by atoms with Gasteiger partial charge >= 0.3 is 0 Å². The van der Waals surface area contributed by atoms with Crippen LogP contribution in [0.2, 0.25) is 5.02 Å². The SMILES string of the molecule is Cc1c(Cl)cccc1NC(=O)CCC(=O)NN=Cc1cccc([N+](=O)[O-])c1. The number of nitro benzene ring substituents is 1. The molecule has 0 aliphatic heterocycles. The average Bonchev–Trinajstić information content (AvgIpc) is 2.64. The van der Waals surface area contributed by atoms with Crippen molar-refractivity contribution in [3.05, 3.63) is 68.7 Å². The molecule has 0 spiro atoms. The molecular formula is C18H17ClN4O4. The molecule has 0 heterocycles. The van der Waals surface area contributed by atoms with Gasteiger partial charge in [-0.1, -0.05) is 29.8 Å². The monoisotopic (exact) mass is 388 g/mol. The summed E-state index contributed by atoms with van der Waals surface area (Å²) in [6, 6.07) is 11.0. The van der Waals surface area contributed by atoms with Crippen LogP contribution in [0.3, 0.4) is 0 Å². The smallest absolute Gasteiger partial charge is 0.270 e. The van der Waals surface area contributed by atoms with Crippen LogP contribution in [0.5, 0.6) is 0 Å². The van der Waals surface area contributed by atoms with Gasteiger partial charge in [-0.2, -0.15) is 5.10 Å². The van der Waals surface area contributed by atoms with Gasteiger partial charge in [-0.05, 0) is 24.6 Å². The molecule has 8 nitrogen and oxygen atoms in total. The molecule has 0 aliphatic rings. The first kappa shape index (κ1) is 20.1. The van der Waals surface area contributed by atoms with Gasteiger partial charge in [0.1, 0.15) is 0 Å². The number of benzene rings is 2. The van der Waals surface area contributed by atoms with Crippen LogP contribution >= 0.6 is 11.6 Å². The molecule has 2 N–H and O–H groups in total. The molecule has 2 amide bonds. The number of hydrogen-bond donors (Lipinski definition) is 2. The van der Waals surface area contributed by atoms with Crippen molar-refractivity contribution < 1.29 is 14.5 Å². The maximum absolute atomic E-state index is 11.9. The van der Waals surface area contributed by atoms with E-state index in [0.717, 1.165) is 5.56 Å². The number of halogens is 1. The largest absolute Gasteiger partial charge is 0.326 e. The van der Waals surface area contributed by atoms with Crippen molar-refractivity contribution in [2.75, 3.05) is 5.32 Å². The fourth-order valence-corrected chi connectivity index (χ4v) is 2.31. The topological polar surface area (TPSA) is 114 Å². The minimum atomic E-state index is -0.518. The molecule has 9 heteroatoms. The van der Waals surface area contributed by atoms with Gasteiger partial charge in [0.05, 0.1) is 11.1 Å². The third-order valence-electron chi connectivity index (χ3n) is 3.60. The number of carbonyl (C=O) groups excluding carboxylic acids is 2.